The molecule has 0 aliphatic heterocycles. The Bertz CT molecular complexity index is 2430. The van der Waals surface area contributed by atoms with Crippen LogP contribution in [0.4, 0.5) is 21.0 Å². The quantitative estimate of drug-likeness (QED) is 0.0251. The van der Waals surface area contributed by atoms with Crippen molar-refractivity contribution in [3.05, 3.63) is 117 Å². The predicted molar refractivity (Wildman–Crippen MR) is 325 cm³/mol. The van der Waals surface area contributed by atoms with E-state index in [1.165, 1.54) is 192 Å². The summed E-state index contributed by atoms with van der Waals surface area (Å²) in [6.45, 7) is 5.38. The minimum atomic E-state index is -0.809. The molecule has 80 heavy (non-hydrogen) atoms. The molecule has 0 heterocycles. The summed E-state index contributed by atoms with van der Waals surface area (Å²) < 4.78 is 11.1. The van der Waals surface area contributed by atoms with E-state index in [4.69, 9.17) is 9.47 Å². The van der Waals surface area contributed by atoms with E-state index in [0.717, 1.165) is 32.1 Å². The fourth-order valence-electron chi connectivity index (χ4n) is 11.6. The summed E-state index contributed by atoms with van der Waals surface area (Å²) in [4.78, 5) is 84.9. The zero-order chi connectivity index (χ0) is 56.6. The van der Waals surface area contributed by atoms with Crippen LogP contribution in [0.2, 0.25) is 0 Å². The van der Waals surface area contributed by atoms with Crippen molar-refractivity contribution in [1.29, 1.82) is 0 Å². The van der Waals surface area contributed by atoms with Gasteiger partial charge >= 0.3 is 12.2 Å². The number of benzene rings is 4. The first-order valence-electron chi connectivity index (χ1n) is 31.6. The maximum Gasteiger partial charge on any atom is 0.412 e. The van der Waals surface area contributed by atoms with Crippen LogP contribution in [0, 0.1) is 0 Å². The summed E-state index contributed by atoms with van der Waals surface area (Å²) in [6.07, 6.45) is 41.7. The molecule has 2 amide bonds. The van der Waals surface area contributed by atoms with E-state index >= 15 is 0 Å². The minimum Gasteiger partial charge on any atom is -0.449 e. The molecule has 434 valence electrons. The summed E-state index contributed by atoms with van der Waals surface area (Å²) in [5.74, 6) is -1.95. The lowest BCUT2D eigenvalue weighted by Gasteiger charge is -2.26. The molecule has 4 aromatic carbocycles. The van der Waals surface area contributed by atoms with E-state index in [9.17, 15) is 28.8 Å². The van der Waals surface area contributed by atoms with Crippen LogP contribution in [0.15, 0.2) is 72.8 Å². The van der Waals surface area contributed by atoms with Crippen molar-refractivity contribution in [2.75, 3.05) is 30.5 Å². The lowest BCUT2D eigenvalue weighted by molar-refractivity contribution is 0.0978. The van der Waals surface area contributed by atoms with Gasteiger partial charge in [0.25, 0.3) is 0 Å². The Morgan fingerprint density at radius 2 is 0.613 bits per heavy atom. The number of hydrogen-bond donors (Lipinski definition) is 3. The third kappa shape index (κ3) is 19.7. The lowest BCUT2D eigenvalue weighted by atomic mass is 9.75. The predicted octanol–water partition coefficient (Wildman–Crippen LogP) is 18.9. The molecular weight excluding hydrogens is 999 g/mol. The smallest absolute Gasteiger partial charge is 0.412 e. The Balaban J connectivity index is 1.00. The summed E-state index contributed by atoms with van der Waals surface area (Å²) in [6, 6.07) is 19.1. The molecule has 0 saturated heterocycles. The van der Waals surface area contributed by atoms with E-state index in [2.05, 4.69) is 29.8 Å². The number of amides is 2. The number of carbonyl (C=O) groups is 6. The number of nitrogens with one attached hydrogen (secondary N) is 3. The SMILES string of the molecule is CCCCCCCCCCCCCCCCCCCCOC(=O)Nc1ccc(-c2ccc(NC(=O)OCNCCCCCCCCCCCCCCCCCC)c3c2C(=O)c2ccccc2C3=O)c2c1C(=O)c1ccccc1C2=O. The first kappa shape index (κ1) is 63.2. The second-order valence-corrected chi connectivity index (χ2v) is 22.5. The van der Waals surface area contributed by atoms with Crippen molar-refractivity contribution in [3.8, 4) is 11.1 Å². The third-order valence-electron chi connectivity index (χ3n) is 16.2. The van der Waals surface area contributed by atoms with E-state index in [-0.39, 0.29) is 80.3 Å². The highest BCUT2D eigenvalue weighted by Crippen LogP contribution is 2.44. The first-order chi connectivity index (χ1) is 39.3. The first-order valence-corrected chi connectivity index (χ1v) is 31.6. The van der Waals surface area contributed by atoms with Gasteiger partial charge in [0.15, 0.2) is 23.1 Å². The molecular formula is C69H95N3O8. The second-order valence-electron chi connectivity index (χ2n) is 22.5. The van der Waals surface area contributed by atoms with Crippen LogP contribution in [-0.4, -0.2) is 55.2 Å². The van der Waals surface area contributed by atoms with Crippen molar-refractivity contribution in [2.24, 2.45) is 0 Å². The average Bonchev–Trinajstić information content (AvgIpc) is 3.48. The highest BCUT2D eigenvalue weighted by Gasteiger charge is 2.39. The second kappa shape index (κ2) is 36.4. The fraction of sp³-hybridized carbons (Fsp3) is 0.565. The fourth-order valence-corrected chi connectivity index (χ4v) is 11.6. The van der Waals surface area contributed by atoms with Gasteiger partial charge in [-0.05, 0) is 42.6 Å². The van der Waals surface area contributed by atoms with Gasteiger partial charge in [-0.15, -0.1) is 0 Å². The molecule has 2 aliphatic rings. The van der Waals surface area contributed by atoms with Gasteiger partial charge in [0, 0.05) is 33.4 Å². The molecule has 4 aromatic rings. The van der Waals surface area contributed by atoms with Gasteiger partial charge in [-0.25, -0.2) is 9.59 Å². The van der Waals surface area contributed by atoms with Crippen LogP contribution in [-0.2, 0) is 9.47 Å². The van der Waals surface area contributed by atoms with E-state index in [1.54, 1.807) is 60.7 Å². The van der Waals surface area contributed by atoms with Crippen LogP contribution < -0.4 is 16.0 Å². The Labute approximate surface area is 479 Å². The van der Waals surface area contributed by atoms with Crippen molar-refractivity contribution >= 4 is 46.7 Å². The number of carbonyl (C=O) groups excluding carboxylic acids is 6. The van der Waals surface area contributed by atoms with Crippen LogP contribution in [0.25, 0.3) is 11.1 Å². The lowest BCUT2D eigenvalue weighted by Crippen LogP contribution is -2.28. The van der Waals surface area contributed by atoms with Gasteiger partial charge in [0.1, 0.15) is 6.73 Å². The van der Waals surface area contributed by atoms with Crippen molar-refractivity contribution < 1.29 is 38.2 Å². The molecule has 0 fully saturated rings. The van der Waals surface area contributed by atoms with Crippen LogP contribution >= 0.6 is 0 Å². The van der Waals surface area contributed by atoms with Crippen molar-refractivity contribution in [3.63, 3.8) is 0 Å². The zero-order valence-electron chi connectivity index (χ0n) is 48.9. The number of fused-ring (bicyclic) bond motifs is 4. The number of ether oxygens (including phenoxy) is 2. The Morgan fingerprint density at radius 3 is 0.950 bits per heavy atom. The largest absolute Gasteiger partial charge is 0.449 e. The Hall–Kier alpha value is -5.94. The molecule has 0 saturated carbocycles. The van der Waals surface area contributed by atoms with E-state index in [0.29, 0.717) is 13.0 Å². The topological polar surface area (TPSA) is 157 Å². The summed E-state index contributed by atoms with van der Waals surface area (Å²) >= 11 is 0. The zero-order valence-corrected chi connectivity index (χ0v) is 48.9. The number of unbranched alkanes of at least 4 members (excludes halogenated alkanes) is 32. The third-order valence-corrected chi connectivity index (χ3v) is 16.2. The highest BCUT2D eigenvalue weighted by molar-refractivity contribution is 6.35. The highest BCUT2D eigenvalue weighted by atomic mass is 16.6. The van der Waals surface area contributed by atoms with Crippen molar-refractivity contribution in [2.45, 2.75) is 232 Å². The maximum absolute atomic E-state index is 14.7. The monoisotopic (exact) mass is 1090 g/mol. The normalized spacial score (nSPS) is 12.5. The van der Waals surface area contributed by atoms with Gasteiger partial charge in [-0.3, -0.25) is 35.1 Å². The molecule has 0 atom stereocenters. The van der Waals surface area contributed by atoms with Crippen LogP contribution in [0.3, 0.4) is 0 Å². The Kier molecular flexibility index (Phi) is 28.8. The minimum absolute atomic E-state index is 0.0214. The number of rotatable bonds is 41. The number of anilines is 2. The molecule has 11 nitrogen and oxygen atoms in total. The van der Waals surface area contributed by atoms with Gasteiger partial charge < -0.3 is 9.47 Å². The maximum atomic E-state index is 14.7. The average molecular weight is 1090 g/mol. The number of ketones is 4. The molecule has 0 bridgehead atoms. The van der Waals surface area contributed by atoms with Crippen molar-refractivity contribution in [1.82, 2.24) is 5.32 Å². The van der Waals surface area contributed by atoms with Crippen LogP contribution in [0.5, 0.6) is 0 Å². The molecule has 11 heteroatoms. The van der Waals surface area contributed by atoms with E-state index < -0.39 is 35.3 Å². The summed E-state index contributed by atoms with van der Waals surface area (Å²) in [5.41, 5.74) is 1.13. The number of hydrogen-bond acceptors (Lipinski definition) is 9. The molecule has 0 radical (unpaired) electrons. The summed E-state index contributed by atoms with van der Waals surface area (Å²) in [7, 11) is 0. The van der Waals surface area contributed by atoms with Crippen LogP contribution in [0.1, 0.15) is 296 Å². The summed E-state index contributed by atoms with van der Waals surface area (Å²) in [5, 5.41) is 8.62. The van der Waals surface area contributed by atoms with Gasteiger partial charge in [-0.1, -0.05) is 280 Å². The molecule has 3 N–H and O–H groups in total. The van der Waals surface area contributed by atoms with E-state index in [1.807, 2.05) is 0 Å². The van der Waals surface area contributed by atoms with Gasteiger partial charge in [-0.2, -0.15) is 0 Å². The van der Waals surface area contributed by atoms with Gasteiger partial charge in [0.2, 0.25) is 0 Å². The standard InChI is InChI=1S/C69H95N3O8/c1-3-5-7-9-11-13-15-17-19-21-22-24-26-28-30-32-34-40-50-79-68(77)71-58-47-45-52(60-62(58)66(75)56-43-37-35-41-54(56)64(60)73)53-46-48-59(63-61(53)65(74)55-42-36-38-44-57(55)67(63)76)72-69(78)80-51-70-49-39-33-31-29-27-25-23-20-18-16-14-12-10-8-6-4-2/h35-38,41-48,70H,3-34,39-40,49-51H2,1-2H3,(H,71,77)(H,72,78). The molecule has 0 spiro atoms. The molecule has 0 unspecified atom stereocenters. The molecule has 0 aromatic heterocycles. The molecule has 6 rings (SSSR count). The van der Waals surface area contributed by atoms with Gasteiger partial charge in [0.05, 0.1) is 29.1 Å². The Morgan fingerprint density at radius 1 is 0.325 bits per heavy atom. The molecule has 2 aliphatic carbocycles.